The summed E-state index contributed by atoms with van der Waals surface area (Å²) in [7, 11) is 0. The number of benzene rings is 2. The predicted molar refractivity (Wildman–Crippen MR) is 109 cm³/mol. The van der Waals surface area contributed by atoms with Crippen LogP contribution in [0.5, 0.6) is 0 Å². The van der Waals surface area contributed by atoms with E-state index in [1.54, 1.807) is 16.7 Å². The van der Waals surface area contributed by atoms with Gasteiger partial charge in [-0.25, -0.2) is 0 Å². The molecule has 0 saturated carbocycles. The van der Waals surface area contributed by atoms with Crippen LogP contribution in [-0.4, -0.2) is 41.2 Å². The lowest BCUT2D eigenvalue weighted by molar-refractivity contribution is -0.139. The van der Waals surface area contributed by atoms with Crippen molar-refractivity contribution in [2.24, 2.45) is 0 Å². The molecule has 3 rings (SSSR count). The first kappa shape index (κ1) is 19.5. The molecule has 0 bridgehead atoms. The van der Waals surface area contributed by atoms with Gasteiger partial charge < -0.3 is 9.80 Å². The van der Waals surface area contributed by atoms with E-state index < -0.39 is 0 Å². The quantitative estimate of drug-likeness (QED) is 0.709. The van der Waals surface area contributed by atoms with Gasteiger partial charge in [-0.2, -0.15) is 0 Å². The summed E-state index contributed by atoms with van der Waals surface area (Å²) < 4.78 is 0. The Morgan fingerprint density at radius 3 is 2.48 bits per heavy atom. The monoisotopic (exact) mass is 402 g/mol. The van der Waals surface area contributed by atoms with E-state index in [0.717, 1.165) is 16.7 Å². The molecule has 6 heteroatoms. The Hall–Kier alpha value is -2.30. The molecule has 0 aliphatic carbocycles. The molecule has 1 fully saturated rings. The van der Waals surface area contributed by atoms with E-state index in [4.69, 9.17) is 23.2 Å². The molecule has 27 heavy (non-hydrogen) atoms. The number of nitrogens with zero attached hydrogens (tertiary/aromatic N) is 2. The molecule has 0 spiro atoms. The van der Waals surface area contributed by atoms with E-state index >= 15 is 0 Å². The zero-order valence-electron chi connectivity index (χ0n) is 14.9. The van der Waals surface area contributed by atoms with Gasteiger partial charge in [0, 0.05) is 43.2 Å². The van der Waals surface area contributed by atoms with Crippen LogP contribution < -0.4 is 0 Å². The highest BCUT2D eigenvalue weighted by Crippen LogP contribution is 2.32. The first-order valence-electron chi connectivity index (χ1n) is 8.68. The summed E-state index contributed by atoms with van der Waals surface area (Å²) in [5.41, 5.74) is 4.14. The van der Waals surface area contributed by atoms with Crippen LogP contribution in [0.15, 0.2) is 60.1 Å². The highest BCUT2D eigenvalue weighted by Gasteiger charge is 2.31. The fourth-order valence-corrected chi connectivity index (χ4v) is 3.76. The Kier molecular flexibility index (Phi) is 6.19. The lowest BCUT2D eigenvalue weighted by Gasteiger charge is -2.41. The summed E-state index contributed by atoms with van der Waals surface area (Å²) in [6.07, 6.45) is 1.33. The molecule has 1 atom stereocenters. The smallest absolute Gasteiger partial charge is 0.247 e. The van der Waals surface area contributed by atoms with Gasteiger partial charge in [0.25, 0.3) is 0 Å². The van der Waals surface area contributed by atoms with E-state index in [0.29, 0.717) is 24.7 Å². The van der Waals surface area contributed by atoms with Crippen molar-refractivity contribution in [3.8, 4) is 11.1 Å². The number of piperazine rings is 1. The van der Waals surface area contributed by atoms with E-state index in [1.165, 1.54) is 11.6 Å². The van der Waals surface area contributed by atoms with Gasteiger partial charge >= 0.3 is 0 Å². The minimum Gasteiger partial charge on any atom is -0.335 e. The zero-order valence-corrected chi connectivity index (χ0v) is 16.5. The van der Waals surface area contributed by atoms with Crippen LogP contribution >= 0.6 is 23.2 Å². The van der Waals surface area contributed by atoms with Gasteiger partial charge in [-0.05, 0) is 34.9 Å². The molecule has 0 aromatic heterocycles. The van der Waals surface area contributed by atoms with Crippen LogP contribution in [0, 0.1) is 0 Å². The third-order valence-electron chi connectivity index (χ3n) is 4.71. The second-order valence-electron chi connectivity index (χ2n) is 6.44. The Labute approximate surface area is 169 Å². The number of hydrogen-bond donors (Lipinski definition) is 0. The number of rotatable bonds is 3. The van der Waals surface area contributed by atoms with Crippen LogP contribution in [-0.2, 0) is 9.59 Å². The maximum Gasteiger partial charge on any atom is 0.247 e. The van der Waals surface area contributed by atoms with E-state index in [1.807, 2.05) is 48.5 Å². The molecule has 0 unspecified atom stereocenters. The minimum atomic E-state index is -0.259. The summed E-state index contributed by atoms with van der Waals surface area (Å²) in [6, 6.07) is 15.5. The molecule has 1 saturated heterocycles. The predicted octanol–water partition coefficient (Wildman–Crippen LogP) is 4.49. The van der Waals surface area contributed by atoms with Crippen molar-refractivity contribution in [2.75, 3.05) is 19.6 Å². The minimum absolute atomic E-state index is 0.0266. The van der Waals surface area contributed by atoms with Gasteiger partial charge in [0.1, 0.15) is 0 Å². The standard InChI is InChI=1S/C21H20Cl2N2O2/c1-15(26)25-10-9-24(21(27)7-8-22)14-20(25)18-11-17(12-19(23)13-18)16-5-3-2-4-6-16/h2-8,11-13,20H,9-10,14H2,1H3/b8-7-/t20-/m1/s1. The van der Waals surface area contributed by atoms with Gasteiger partial charge in [-0.15, -0.1) is 0 Å². The third kappa shape index (κ3) is 4.52. The fourth-order valence-electron chi connectivity index (χ4n) is 3.41. The third-order valence-corrected chi connectivity index (χ3v) is 5.06. The van der Waals surface area contributed by atoms with E-state index in [2.05, 4.69) is 0 Å². The van der Waals surface area contributed by atoms with Crippen LogP contribution in [0.1, 0.15) is 18.5 Å². The Bertz CT molecular complexity index is 868. The summed E-state index contributed by atoms with van der Waals surface area (Å²) >= 11 is 11.9. The molecular formula is C21H20Cl2N2O2. The second-order valence-corrected chi connectivity index (χ2v) is 7.13. The average Bonchev–Trinajstić information content (AvgIpc) is 2.68. The number of amides is 2. The molecule has 1 aliphatic rings. The molecular weight excluding hydrogens is 383 g/mol. The second kappa shape index (κ2) is 8.59. The van der Waals surface area contributed by atoms with Crippen LogP contribution in [0.4, 0.5) is 0 Å². The van der Waals surface area contributed by atoms with Gasteiger partial charge in [0.15, 0.2) is 0 Å². The van der Waals surface area contributed by atoms with Crippen molar-refractivity contribution in [1.82, 2.24) is 9.80 Å². The van der Waals surface area contributed by atoms with Crippen LogP contribution in [0.2, 0.25) is 5.02 Å². The SMILES string of the molecule is CC(=O)N1CCN(C(=O)/C=C\Cl)C[C@@H]1c1cc(Cl)cc(-c2ccccc2)c1. The van der Waals surface area contributed by atoms with Crippen molar-refractivity contribution >= 4 is 35.0 Å². The lowest BCUT2D eigenvalue weighted by atomic mass is 9.97. The van der Waals surface area contributed by atoms with Gasteiger partial charge in [0.05, 0.1) is 6.04 Å². The van der Waals surface area contributed by atoms with Gasteiger partial charge in [-0.3, -0.25) is 9.59 Å². The Morgan fingerprint density at radius 1 is 1.07 bits per heavy atom. The Morgan fingerprint density at radius 2 is 1.81 bits per heavy atom. The topological polar surface area (TPSA) is 40.6 Å². The number of hydrogen-bond acceptors (Lipinski definition) is 2. The van der Waals surface area contributed by atoms with E-state index in [-0.39, 0.29) is 17.9 Å². The number of carbonyl (C=O) groups is 2. The molecule has 2 amide bonds. The summed E-state index contributed by atoms with van der Waals surface area (Å²) in [6.45, 7) is 2.89. The Balaban J connectivity index is 1.98. The molecule has 1 aliphatic heterocycles. The summed E-state index contributed by atoms with van der Waals surface area (Å²) in [4.78, 5) is 27.9. The van der Waals surface area contributed by atoms with Crippen LogP contribution in [0.25, 0.3) is 11.1 Å². The lowest BCUT2D eigenvalue weighted by Crippen LogP contribution is -2.51. The van der Waals surface area contributed by atoms with Crippen LogP contribution in [0.3, 0.4) is 0 Å². The molecule has 2 aromatic carbocycles. The maximum absolute atomic E-state index is 12.2. The molecule has 4 nitrogen and oxygen atoms in total. The molecule has 0 radical (unpaired) electrons. The van der Waals surface area contributed by atoms with Crippen molar-refractivity contribution in [3.05, 3.63) is 70.7 Å². The first-order valence-corrected chi connectivity index (χ1v) is 9.50. The summed E-state index contributed by atoms with van der Waals surface area (Å²) in [5, 5.41) is 0.596. The number of carbonyl (C=O) groups excluding carboxylic acids is 2. The average molecular weight is 403 g/mol. The largest absolute Gasteiger partial charge is 0.335 e. The number of halogens is 2. The van der Waals surface area contributed by atoms with Gasteiger partial charge in [-0.1, -0.05) is 53.5 Å². The summed E-state index contributed by atoms with van der Waals surface area (Å²) in [5.74, 6) is -0.190. The molecule has 140 valence electrons. The molecule has 1 heterocycles. The van der Waals surface area contributed by atoms with Crippen molar-refractivity contribution in [3.63, 3.8) is 0 Å². The van der Waals surface area contributed by atoms with Crippen molar-refractivity contribution < 1.29 is 9.59 Å². The fraction of sp³-hybridized carbons (Fsp3) is 0.238. The van der Waals surface area contributed by atoms with Gasteiger partial charge in [0.2, 0.25) is 11.8 Å². The van der Waals surface area contributed by atoms with Crippen molar-refractivity contribution in [1.29, 1.82) is 0 Å². The molecule has 2 aromatic rings. The molecule has 0 N–H and O–H groups in total. The zero-order chi connectivity index (χ0) is 19.4. The first-order chi connectivity index (χ1) is 13.0. The van der Waals surface area contributed by atoms with E-state index in [9.17, 15) is 9.59 Å². The normalized spacial score (nSPS) is 17.4. The maximum atomic E-state index is 12.2. The van der Waals surface area contributed by atoms with Crippen molar-refractivity contribution in [2.45, 2.75) is 13.0 Å². The highest BCUT2D eigenvalue weighted by atomic mass is 35.5. The highest BCUT2D eigenvalue weighted by molar-refractivity contribution is 6.31.